The molecule has 0 bridgehead atoms. The van der Waals surface area contributed by atoms with Gasteiger partial charge < -0.3 is 20.0 Å². The van der Waals surface area contributed by atoms with Gasteiger partial charge in [0.15, 0.2) is 0 Å². The topological polar surface area (TPSA) is 64.0 Å². The molecule has 2 fully saturated rings. The molecular weight excluding hydrogens is 292 g/mol. The first kappa shape index (κ1) is 16.4. The number of rotatable bonds is 3. The molecule has 2 aliphatic rings. The molecule has 1 amide bonds. The standard InChI is InChI=1S/C18H26N2O3/c1-19-9-2-7-18(13-22)8-10-20(11-16(18)19)17(23)15-5-3-14(12-21)4-6-15/h3-6,16,21-22H,2,7-13H2,1H3/t16-,18-/m1/s1. The molecule has 2 heterocycles. The molecule has 1 aromatic rings. The minimum absolute atomic E-state index is 0.00985. The van der Waals surface area contributed by atoms with E-state index in [2.05, 4.69) is 11.9 Å². The molecule has 2 saturated heterocycles. The number of aliphatic hydroxyl groups excluding tert-OH is 2. The zero-order valence-electron chi connectivity index (χ0n) is 13.7. The van der Waals surface area contributed by atoms with E-state index in [-0.39, 0.29) is 30.6 Å². The van der Waals surface area contributed by atoms with Gasteiger partial charge in [0.1, 0.15) is 0 Å². The summed E-state index contributed by atoms with van der Waals surface area (Å²) in [5, 5.41) is 19.0. The average molecular weight is 318 g/mol. The number of likely N-dealkylation sites (N-methyl/N-ethyl adjacent to an activating group) is 1. The van der Waals surface area contributed by atoms with Gasteiger partial charge in [0, 0.05) is 30.1 Å². The van der Waals surface area contributed by atoms with Gasteiger partial charge in [-0.1, -0.05) is 12.1 Å². The molecule has 0 spiro atoms. The lowest BCUT2D eigenvalue weighted by Gasteiger charge is -2.53. The van der Waals surface area contributed by atoms with E-state index in [9.17, 15) is 9.90 Å². The predicted molar refractivity (Wildman–Crippen MR) is 88.1 cm³/mol. The van der Waals surface area contributed by atoms with Crippen LogP contribution < -0.4 is 0 Å². The number of piperidine rings is 2. The van der Waals surface area contributed by atoms with Crippen LogP contribution in [0.15, 0.2) is 24.3 Å². The Balaban J connectivity index is 1.75. The highest BCUT2D eigenvalue weighted by atomic mass is 16.3. The summed E-state index contributed by atoms with van der Waals surface area (Å²) >= 11 is 0. The van der Waals surface area contributed by atoms with Gasteiger partial charge in [0.25, 0.3) is 5.91 Å². The number of hydrogen-bond donors (Lipinski definition) is 2. The lowest BCUT2D eigenvalue weighted by molar-refractivity contribution is -0.0601. The third kappa shape index (κ3) is 3.01. The third-order valence-electron chi connectivity index (χ3n) is 5.68. The monoisotopic (exact) mass is 318 g/mol. The number of benzene rings is 1. The van der Waals surface area contributed by atoms with Crippen molar-refractivity contribution in [2.45, 2.75) is 31.9 Å². The fraction of sp³-hybridized carbons (Fsp3) is 0.611. The van der Waals surface area contributed by atoms with E-state index in [0.29, 0.717) is 18.7 Å². The fourth-order valence-corrected chi connectivity index (χ4v) is 4.14. The van der Waals surface area contributed by atoms with E-state index in [1.54, 1.807) is 24.3 Å². The highest BCUT2D eigenvalue weighted by Gasteiger charge is 2.47. The van der Waals surface area contributed by atoms with Crippen LogP contribution in [0.3, 0.4) is 0 Å². The summed E-state index contributed by atoms with van der Waals surface area (Å²) < 4.78 is 0. The Morgan fingerprint density at radius 1 is 1.22 bits per heavy atom. The summed E-state index contributed by atoms with van der Waals surface area (Å²) in [7, 11) is 2.10. The van der Waals surface area contributed by atoms with Crippen molar-refractivity contribution in [3.63, 3.8) is 0 Å². The third-order valence-corrected chi connectivity index (χ3v) is 5.68. The van der Waals surface area contributed by atoms with Crippen molar-refractivity contribution >= 4 is 5.91 Å². The van der Waals surface area contributed by atoms with Crippen LogP contribution in [0.5, 0.6) is 0 Å². The lowest BCUT2D eigenvalue weighted by Crippen LogP contribution is -2.62. The zero-order valence-corrected chi connectivity index (χ0v) is 13.7. The van der Waals surface area contributed by atoms with Gasteiger partial charge in [-0.05, 0) is 50.6 Å². The fourth-order valence-electron chi connectivity index (χ4n) is 4.14. The minimum atomic E-state index is -0.0511. The van der Waals surface area contributed by atoms with Gasteiger partial charge in [0.2, 0.25) is 0 Å². The second-order valence-electron chi connectivity index (χ2n) is 6.98. The molecule has 0 aliphatic carbocycles. The molecular formula is C18H26N2O3. The zero-order chi connectivity index (χ0) is 16.4. The molecule has 126 valence electrons. The molecule has 0 radical (unpaired) electrons. The highest BCUT2D eigenvalue weighted by molar-refractivity contribution is 5.94. The van der Waals surface area contributed by atoms with Gasteiger partial charge >= 0.3 is 0 Å². The Labute approximate surface area is 137 Å². The summed E-state index contributed by atoms with van der Waals surface area (Å²) in [5.74, 6) is 0.0417. The van der Waals surface area contributed by atoms with E-state index in [1.165, 1.54) is 0 Å². The normalized spacial score (nSPS) is 28.5. The van der Waals surface area contributed by atoms with Crippen LogP contribution in [-0.2, 0) is 6.61 Å². The molecule has 2 atom stereocenters. The van der Waals surface area contributed by atoms with Crippen molar-refractivity contribution in [1.82, 2.24) is 9.80 Å². The van der Waals surface area contributed by atoms with Crippen LogP contribution in [0.25, 0.3) is 0 Å². The highest BCUT2D eigenvalue weighted by Crippen LogP contribution is 2.41. The summed E-state index contributed by atoms with van der Waals surface area (Å²) in [6, 6.07) is 7.39. The van der Waals surface area contributed by atoms with Crippen molar-refractivity contribution in [3.8, 4) is 0 Å². The minimum Gasteiger partial charge on any atom is -0.396 e. The maximum absolute atomic E-state index is 12.8. The number of likely N-dealkylation sites (tertiary alicyclic amines) is 2. The molecule has 5 nitrogen and oxygen atoms in total. The van der Waals surface area contributed by atoms with Crippen LogP contribution in [0.2, 0.25) is 0 Å². The predicted octanol–water partition coefficient (Wildman–Crippen LogP) is 1.10. The van der Waals surface area contributed by atoms with Crippen LogP contribution in [0, 0.1) is 5.41 Å². The molecule has 5 heteroatoms. The van der Waals surface area contributed by atoms with Crippen LogP contribution >= 0.6 is 0 Å². The van der Waals surface area contributed by atoms with Crippen LogP contribution in [0.1, 0.15) is 35.2 Å². The van der Waals surface area contributed by atoms with E-state index in [1.807, 2.05) is 4.90 Å². The summed E-state index contributed by atoms with van der Waals surface area (Å²) in [4.78, 5) is 17.0. The Bertz CT molecular complexity index is 560. The molecule has 0 saturated carbocycles. The van der Waals surface area contributed by atoms with Crippen LogP contribution in [0.4, 0.5) is 0 Å². The number of carbonyl (C=O) groups excluding carboxylic acids is 1. The van der Waals surface area contributed by atoms with Crippen molar-refractivity contribution in [2.75, 3.05) is 33.3 Å². The number of carbonyl (C=O) groups is 1. The van der Waals surface area contributed by atoms with Gasteiger partial charge in [0.05, 0.1) is 13.2 Å². The lowest BCUT2D eigenvalue weighted by atomic mass is 9.69. The van der Waals surface area contributed by atoms with Crippen LogP contribution in [-0.4, -0.2) is 65.3 Å². The molecule has 3 rings (SSSR count). The first-order chi connectivity index (χ1) is 11.1. The van der Waals surface area contributed by atoms with Crippen molar-refractivity contribution in [2.24, 2.45) is 5.41 Å². The van der Waals surface area contributed by atoms with Gasteiger partial charge in [-0.15, -0.1) is 0 Å². The first-order valence-corrected chi connectivity index (χ1v) is 8.40. The largest absolute Gasteiger partial charge is 0.396 e. The smallest absolute Gasteiger partial charge is 0.253 e. The molecule has 2 N–H and O–H groups in total. The molecule has 2 aliphatic heterocycles. The van der Waals surface area contributed by atoms with Crippen molar-refractivity contribution < 1.29 is 15.0 Å². The van der Waals surface area contributed by atoms with E-state index in [0.717, 1.165) is 31.4 Å². The SMILES string of the molecule is CN1CCC[C@]2(CO)CCN(C(=O)c3ccc(CO)cc3)C[C@@H]12. The van der Waals surface area contributed by atoms with E-state index >= 15 is 0 Å². The maximum Gasteiger partial charge on any atom is 0.253 e. The average Bonchev–Trinajstić information content (AvgIpc) is 2.61. The summed E-state index contributed by atoms with van der Waals surface area (Å²) in [6.07, 6.45) is 3.02. The molecule has 0 aromatic heterocycles. The Morgan fingerprint density at radius 3 is 2.61 bits per heavy atom. The maximum atomic E-state index is 12.8. The second kappa shape index (κ2) is 6.59. The van der Waals surface area contributed by atoms with Crippen molar-refractivity contribution in [1.29, 1.82) is 0 Å². The Hall–Kier alpha value is -1.43. The van der Waals surface area contributed by atoms with Crippen molar-refractivity contribution in [3.05, 3.63) is 35.4 Å². The van der Waals surface area contributed by atoms with Gasteiger partial charge in [-0.25, -0.2) is 0 Å². The number of amides is 1. The Morgan fingerprint density at radius 2 is 1.96 bits per heavy atom. The summed E-state index contributed by atoms with van der Waals surface area (Å²) in [5.41, 5.74) is 1.42. The second-order valence-corrected chi connectivity index (χ2v) is 6.98. The first-order valence-electron chi connectivity index (χ1n) is 8.40. The van der Waals surface area contributed by atoms with Gasteiger partial charge in [-0.2, -0.15) is 0 Å². The molecule has 0 unspecified atom stereocenters. The Kier molecular flexibility index (Phi) is 4.71. The molecule has 1 aromatic carbocycles. The quantitative estimate of drug-likeness (QED) is 0.876. The van der Waals surface area contributed by atoms with E-state index < -0.39 is 0 Å². The number of fused-ring (bicyclic) bond motifs is 1. The van der Waals surface area contributed by atoms with Gasteiger partial charge in [-0.3, -0.25) is 4.79 Å². The summed E-state index contributed by atoms with van der Waals surface area (Å²) in [6.45, 7) is 2.60. The number of hydrogen-bond acceptors (Lipinski definition) is 4. The number of aliphatic hydroxyl groups is 2. The molecule has 23 heavy (non-hydrogen) atoms. The number of nitrogens with zero attached hydrogens (tertiary/aromatic N) is 2. The van der Waals surface area contributed by atoms with E-state index in [4.69, 9.17) is 5.11 Å².